The number of rotatable bonds is 25. The molecule has 7 aromatic rings. The molecule has 0 radical (unpaired) electrons. The van der Waals surface area contributed by atoms with E-state index in [1.165, 1.54) is 41.0 Å². The molecule has 0 aliphatic heterocycles. The molecule has 7 aromatic carbocycles. The van der Waals surface area contributed by atoms with Crippen molar-refractivity contribution in [2.45, 2.75) is 37.8 Å². The monoisotopic (exact) mass is 1060 g/mol. The number of phenols is 1. The molecule has 15 nitrogen and oxygen atoms in total. The standard InChI is InChI=1S/C22H28N4O4.C21H28N2O4.C12H11P.C6H6O/c1-26(2)14-4-5-17-6-10-20(11-7-17)29-15-19(24-25-23)16-30-21-12-8-18(9-13-21)22(27)28-3;1-23(2)13-3-4-16-5-9-19(10-6-16)26-14-18(22)15-27-20-11-7-17(8-12-20)21(24)25;1-3-7-11(8-4-1)13-12-9-5-2-6-10-12;7-6-4-2-1-3-5-6/h6-13,19H,4-5,14-16H2,1-3H3;5-12,18H,3-4,13-15,22H2,1-2H3,(H,24,25);1-10,13H;1-5,7H. The zero-order chi connectivity index (χ0) is 55.5. The van der Waals surface area contributed by atoms with Gasteiger partial charge in [-0.1, -0.05) is 117 Å². The van der Waals surface area contributed by atoms with Gasteiger partial charge in [0.1, 0.15) is 48.0 Å². The van der Waals surface area contributed by atoms with Gasteiger partial charge in [0.25, 0.3) is 0 Å². The van der Waals surface area contributed by atoms with E-state index in [2.05, 4.69) is 126 Å². The molecule has 77 heavy (non-hydrogen) atoms. The van der Waals surface area contributed by atoms with Crippen LogP contribution < -0.4 is 35.3 Å². The summed E-state index contributed by atoms with van der Waals surface area (Å²) in [5.41, 5.74) is 18.0. The second kappa shape index (κ2) is 36.1. The zero-order valence-corrected chi connectivity index (χ0v) is 45.7. The molecule has 0 aromatic heterocycles. The number of carbonyl (C=O) groups excluding carboxylic acids is 1. The van der Waals surface area contributed by atoms with Crippen LogP contribution in [0.25, 0.3) is 10.4 Å². The molecule has 0 amide bonds. The van der Waals surface area contributed by atoms with Crippen molar-refractivity contribution in [1.29, 1.82) is 0 Å². The van der Waals surface area contributed by atoms with Gasteiger partial charge in [-0.2, -0.15) is 0 Å². The lowest BCUT2D eigenvalue weighted by molar-refractivity contribution is 0.0599. The number of aryl methyl sites for hydroxylation is 2. The van der Waals surface area contributed by atoms with Gasteiger partial charge >= 0.3 is 11.9 Å². The molecule has 7 rings (SSSR count). The summed E-state index contributed by atoms with van der Waals surface area (Å²) in [7, 11) is 10.4. The molecule has 2 atom stereocenters. The number of para-hydroxylation sites is 1. The number of nitrogens with zero attached hydrogens (tertiary/aromatic N) is 5. The normalized spacial score (nSPS) is 11.1. The molecule has 2 unspecified atom stereocenters. The summed E-state index contributed by atoms with van der Waals surface area (Å²) in [6.45, 7) is 3.11. The minimum atomic E-state index is -0.963. The molecule has 16 heteroatoms. The van der Waals surface area contributed by atoms with Crippen LogP contribution in [0.3, 0.4) is 0 Å². The van der Waals surface area contributed by atoms with E-state index in [-0.39, 0.29) is 31.4 Å². The van der Waals surface area contributed by atoms with Gasteiger partial charge in [0.2, 0.25) is 0 Å². The highest BCUT2D eigenvalue weighted by atomic mass is 31.1. The SMILES string of the molecule is CN(C)CCCc1ccc(OCC(N)COc2ccc(C(=O)O)cc2)cc1.COC(=O)c1ccc(OCC(COc2ccc(CCCN(C)C)cc2)N=[N+]=[N-])cc1.Oc1ccccc1.c1ccc(Pc2ccccc2)cc1. The number of hydrogen-bond acceptors (Lipinski definition) is 12. The smallest absolute Gasteiger partial charge is 0.337 e. The molecule has 0 saturated heterocycles. The molecule has 4 N–H and O–H groups in total. The van der Waals surface area contributed by atoms with E-state index in [1.807, 2.05) is 42.5 Å². The summed E-state index contributed by atoms with van der Waals surface area (Å²) in [5.74, 6) is 1.59. The number of esters is 1. The van der Waals surface area contributed by atoms with Crippen molar-refractivity contribution in [3.63, 3.8) is 0 Å². The maximum Gasteiger partial charge on any atom is 0.337 e. The predicted molar refractivity (Wildman–Crippen MR) is 309 cm³/mol. The molecule has 0 fully saturated rings. The van der Waals surface area contributed by atoms with Crippen LogP contribution in [0.2, 0.25) is 0 Å². The zero-order valence-electron chi connectivity index (χ0n) is 44.7. The molecule has 406 valence electrons. The average Bonchev–Trinajstić information content (AvgIpc) is 3.44. The Bertz CT molecular complexity index is 2700. The van der Waals surface area contributed by atoms with Gasteiger partial charge in [-0.05, 0) is 179 Å². The maximum absolute atomic E-state index is 11.5. The van der Waals surface area contributed by atoms with Crippen molar-refractivity contribution >= 4 is 31.1 Å². The van der Waals surface area contributed by atoms with Crippen LogP contribution >= 0.6 is 8.58 Å². The van der Waals surface area contributed by atoms with Crippen molar-refractivity contribution < 1.29 is 43.5 Å². The number of ether oxygens (including phenoxy) is 5. The fourth-order valence-electron chi connectivity index (χ4n) is 6.87. The molecule has 0 bridgehead atoms. The molecular weight excluding hydrogens is 992 g/mol. The van der Waals surface area contributed by atoms with E-state index in [1.54, 1.807) is 60.7 Å². The van der Waals surface area contributed by atoms with Crippen LogP contribution in [0.1, 0.15) is 44.7 Å². The van der Waals surface area contributed by atoms with Crippen molar-refractivity contribution in [3.8, 4) is 28.7 Å². The summed E-state index contributed by atoms with van der Waals surface area (Å²) in [6, 6.07) is 57.9. The Labute approximate surface area is 455 Å². The first-order chi connectivity index (χ1) is 37.3. The first-order valence-electron chi connectivity index (χ1n) is 25.2. The van der Waals surface area contributed by atoms with Crippen LogP contribution in [0.15, 0.2) is 193 Å². The van der Waals surface area contributed by atoms with E-state index in [4.69, 9.17) is 40.4 Å². The van der Waals surface area contributed by atoms with E-state index >= 15 is 0 Å². The highest BCUT2D eigenvalue weighted by molar-refractivity contribution is 7.55. The lowest BCUT2D eigenvalue weighted by atomic mass is 10.1. The number of carboxylic acids is 1. The number of methoxy groups -OCH3 is 1. The topological polar surface area (TPSA) is 202 Å². The van der Waals surface area contributed by atoms with Crippen LogP contribution in [0.5, 0.6) is 28.7 Å². The maximum atomic E-state index is 11.5. The van der Waals surface area contributed by atoms with E-state index < -0.39 is 18.0 Å². The van der Waals surface area contributed by atoms with Gasteiger partial charge in [0.05, 0.1) is 37.5 Å². The van der Waals surface area contributed by atoms with Gasteiger partial charge in [-0.15, -0.1) is 0 Å². The quantitative estimate of drug-likeness (QED) is 0.0161. The lowest BCUT2D eigenvalue weighted by Crippen LogP contribution is -2.34. The summed E-state index contributed by atoms with van der Waals surface area (Å²) >= 11 is 0. The Morgan fingerprint density at radius 2 is 0.922 bits per heavy atom. The minimum absolute atomic E-state index is 0.157. The number of carbonyl (C=O) groups is 2. The molecule has 0 heterocycles. The molecule has 0 aliphatic rings. The number of phenolic OH excluding ortho intramolecular Hbond substituents is 1. The lowest BCUT2D eigenvalue weighted by Gasteiger charge is -2.15. The van der Waals surface area contributed by atoms with Crippen molar-refractivity contribution in [3.05, 3.63) is 221 Å². The van der Waals surface area contributed by atoms with Gasteiger partial charge in [0, 0.05) is 4.91 Å². The Morgan fingerprint density at radius 3 is 1.26 bits per heavy atom. The van der Waals surface area contributed by atoms with Gasteiger partial charge in [-0.3, -0.25) is 0 Å². The van der Waals surface area contributed by atoms with Crippen LogP contribution in [0, 0.1) is 0 Å². The highest BCUT2D eigenvalue weighted by Crippen LogP contribution is 2.18. The predicted octanol–water partition coefficient (Wildman–Crippen LogP) is 10.5. The Balaban J connectivity index is 0.000000246. The number of aromatic hydroxyl groups is 1. The second-order valence-electron chi connectivity index (χ2n) is 18.0. The highest BCUT2D eigenvalue weighted by Gasteiger charge is 2.12. The molecule has 0 saturated carbocycles. The van der Waals surface area contributed by atoms with Gasteiger partial charge in [0.15, 0.2) is 0 Å². The van der Waals surface area contributed by atoms with E-state index in [0.717, 1.165) is 53.1 Å². The fraction of sp³-hybridized carbons (Fsp3) is 0.279. The van der Waals surface area contributed by atoms with Crippen molar-refractivity contribution in [2.24, 2.45) is 10.8 Å². The summed E-state index contributed by atoms with van der Waals surface area (Å²) in [6.07, 6.45) is 4.29. The summed E-state index contributed by atoms with van der Waals surface area (Å²) in [5, 5.41) is 24.0. The fourth-order valence-corrected chi connectivity index (χ4v) is 7.92. The van der Waals surface area contributed by atoms with E-state index in [9.17, 15) is 9.59 Å². The van der Waals surface area contributed by atoms with Gasteiger partial charge in [-0.25, -0.2) is 9.59 Å². The average molecular weight is 1070 g/mol. The summed E-state index contributed by atoms with van der Waals surface area (Å²) < 4.78 is 27.4. The largest absolute Gasteiger partial charge is 0.508 e. The van der Waals surface area contributed by atoms with Crippen LogP contribution in [-0.2, 0) is 17.6 Å². The summed E-state index contributed by atoms with van der Waals surface area (Å²) in [4.78, 5) is 29.5. The van der Waals surface area contributed by atoms with Crippen molar-refractivity contribution in [1.82, 2.24) is 9.80 Å². The minimum Gasteiger partial charge on any atom is -0.508 e. The number of nitrogens with two attached hydrogens (primary N) is 1. The number of hydrogen-bond donors (Lipinski definition) is 3. The first kappa shape index (κ1) is 61.6. The number of benzene rings is 7. The Kier molecular flexibility index (Phi) is 28.9. The van der Waals surface area contributed by atoms with Crippen molar-refractivity contribution in [2.75, 3.05) is 74.8 Å². The number of azide groups is 1. The number of aromatic carboxylic acids is 1. The van der Waals surface area contributed by atoms with Gasteiger partial charge < -0.3 is 49.4 Å². The number of carboxylic acid groups (broad SMARTS) is 1. The Morgan fingerprint density at radius 1 is 0.558 bits per heavy atom. The third kappa shape index (κ3) is 26.9. The molecule has 0 aliphatic carbocycles. The second-order valence-corrected chi connectivity index (χ2v) is 19.4. The molecule has 0 spiro atoms. The van der Waals surface area contributed by atoms with Crippen LogP contribution in [-0.4, -0.2) is 119 Å². The van der Waals surface area contributed by atoms with Crippen LogP contribution in [0.4, 0.5) is 0 Å². The Hall–Kier alpha value is -7.90. The first-order valence-corrected chi connectivity index (χ1v) is 26.2. The molecular formula is C61H73N6O9P. The van der Waals surface area contributed by atoms with E-state index in [0.29, 0.717) is 35.2 Å². The third-order valence-corrected chi connectivity index (χ3v) is 12.2. The third-order valence-electron chi connectivity index (χ3n) is 11.0.